The van der Waals surface area contributed by atoms with E-state index in [1.807, 2.05) is 66.4 Å². The number of Topliss-reactive ketones (excluding diaryl/α,β-unsaturated/α-hetero) is 1. The summed E-state index contributed by atoms with van der Waals surface area (Å²) in [6, 6.07) is 30.9. The lowest BCUT2D eigenvalue weighted by atomic mass is 9.94. The summed E-state index contributed by atoms with van der Waals surface area (Å²) in [6.45, 7) is 0. The average molecular weight is 356 g/mol. The lowest BCUT2D eigenvalue weighted by molar-refractivity contribution is -0.115. The zero-order valence-electron chi connectivity index (χ0n) is 14.4. The second kappa shape index (κ2) is 7.76. The van der Waals surface area contributed by atoms with Gasteiger partial charge in [-0.05, 0) is 22.8 Å². The highest BCUT2D eigenvalue weighted by Gasteiger charge is 2.34. The SMILES string of the molecule is O=C1C[C@H](c2ccccc2)S[C@@H](c2ccccc2)/C1=C/c1ccccc1. The molecule has 1 saturated heterocycles. The predicted octanol–water partition coefficient (Wildman–Crippen LogP) is 6.26. The number of hydrogen-bond donors (Lipinski definition) is 0. The highest BCUT2D eigenvalue weighted by molar-refractivity contribution is 8.00. The van der Waals surface area contributed by atoms with Crippen molar-refractivity contribution in [3.05, 3.63) is 113 Å². The molecule has 1 heterocycles. The molecule has 0 aromatic heterocycles. The second-order valence-electron chi connectivity index (χ2n) is 6.46. The van der Waals surface area contributed by atoms with E-state index in [0.717, 1.165) is 11.1 Å². The van der Waals surface area contributed by atoms with Crippen LogP contribution >= 0.6 is 11.8 Å². The van der Waals surface area contributed by atoms with Gasteiger partial charge in [0.1, 0.15) is 0 Å². The van der Waals surface area contributed by atoms with E-state index < -0.39 is 0 Å². The Kier molecular flexibility index (Phi) is 5.03. The monoisotopic (exact) mass is 356 g/mol. The average Bonchev–Trinajstić information content (AvgIpc) is 2.71. The summed E-state index contributed by atoms with van der Waals surface area (Å²) in [4.78, 5) is 13.1. The van der Waals surface area contributed by atoms with Crippen molar-refractivity contribution in [2.75, 3.05) is 0 Å². The van der Waals surface area contributed by atoms with Gasteiger partial charge in [0.25, 0.3) is 0 Å². The van der Waals surface area contributed by atoms with Crippen molar-refractivity contribution >= 4 is 23.6 Å². The summed E-state index contributed by atoms with van der Waals surface area (Å²) in [7, 11) is 0. The molecule has 128 valence electrons. The third-order valence-corrected chi connectivity index (χ3v) is 6.24. The molecule has 3 aromatic rings. The number of thioether (sulfide) groups is 1. The number of hydrogen-bond acceptors (Lipinski definition) is 2. The van der Waals surface area contributed by atoms with E-state index in [1.54, 1.807) is 0 Å². The summed E-state index contributed by atoms with van der Waals surface area (Å²) in [6.07, 6.45) is 2.62. The van der Waals surface area contributed by atoms with Gasteiger partial charge in [-0.2, -0.15) is 0 Å². The van der Waals surface area contributed by atoms with Crippen LogP contribution in [0.3, 0.4) is 0 Å². The van der Waals surface area contributed by atoms with Crippen molar-refractivity contribution in [2.24, 2.45) is 0 Å². The van der Waals surface area contributed by atoms with Crippen LogP contribution in [0.5, 0.6) is 0 Å². The molecule has 1 fully saturated rings. The molecule has 0 bridgehead atoms. The molecule has 0 unspecified atom stereocenters. The summed E-state index contributed by atoms with van der Waals surface area (Å²) < 4.78 is 0. The number of benzene rings is 3. The van der Waals surface area contributed by atoms with Crippen LogP contribution in [0.2, 0.25) is 0 Å². The summed E-state index contributed by atoms with van der Waals surface area (Å²) in [5, 5.41) is 0.254. The van der Waals surface area contributed by atoms with Crippen LogP contribution in [0, 0.1) is 0 Å². The van der Waals surface area contributed by atoms with E-state index in [4.69, 9.17) is 0 Å². The molecule has 26 heavy (non-hydrogen) atoms. The van der Waals surface area contributed by atoms with Crippen LogP contribution in [0.25, 0.3) is 6.08 Å². The van der Waals surface area contributed by atoms with Gasteiger partial charge in [0, 0.05) is 17.2 Å². The molecule has 1 nitrogen and oxygen atoms in total. The smallest absolute Gasteiger partial charge is 0.161 e. The molecule has 0 saturated carbocycles. The quantitative estimate of drug-likeness (QED) is 0.515. The minimum atomic E-state index is 0.0582. The largest absolute Gasteiger partial charge is 0.294 e. The molecule has 3 aromatic carbocycles. The summed E-state index contributed by atoms with van der Waals surface area (Å²) in [5.41, 5.74) is 4.40. The Labute approximate surface area is 158 Å². The summed E-state index contributed by atoms with van der Waals surface area (Å²) >= 11 is 1.88. The maximum Gasteiger partial charge on any atom is 0.161 e. The van der Waals surface area contributed by atoms with E-state index >= 15 is 0 Å². The fraction of sp³-hybridized carbons (Fsp3) is 0.125. The molecule has 1 aliphatic rings. The number of ketones is 1. The van der Waals surface area contributed by atoms with Crippen molar-refractivity contribution < 1.29 is 4.79 Å². The third-order valence-electron chi connectivity index (χ3n) is 4.67. The van der Waals surface area contributed by atoms with Gasteiger partial charge >= 0.3 is 0 Å². The first-order valence-electron chi connectivity index (χ1n) is 8.86. The maximum atomic E-state index is 13.1. The molecule has 0 radical (unpaired) electrons. The van der Waals surface area contributed by atoms with E-state index in [0.29, 0.717) is 6.42 Å². The van der Waals surface area contributed by atoms with Crippen LogP contribution in [0.4, 0.5) is 0 Å². The van der Waals surface area contributed by atoms with Crippen molar-refractivity contribution in [1.29, 1.82) is 0 Å². The molecule has 0 spiro atoms. The standard InChI is InChI=1S/C24H20OS/c25-22-17-23(19-12-6-2-7-13-19)26-24(20-14-8-3-9-15-20)21(22)16-18-10-4-1-5-11-18/h1-16,23-24H,17H2/b21-16+/t23-,24+/m1/s1. The Morgan fingerprint density at radius 3 is 1.88 bits per heavy atom. The number of carbonyl (C=O) groups excluding carboxylic acids is 1. The lowest BCUT2D eigenvalue weighted by Crippen LogP contribution is -2.19. The van der Waals surface area contributed by atoms with Gasteiger partial charge in [-0.25, -0.2) is 0 Å². The fourth-order valence-corrected chi connectivity index (χ4v) is 4.90. The van der Waals surface area contributed by atoms with Gasteiger partial charge in [0.15, 0.2) is 5.78 Å². The molecule has 2 heteroatoms. The Hall–Kier alpha value is -2.58. The van der Waals surface area contributed by atoms with Crippen molar-refractivity contribution in [1.82, 2.24) is 0 Å². The molecular weight excluding hydrogens is 336 g/mol. The van der Waals surface area contributed by atoms with Gasteiger partial charge in [0.2, 0.25) is 0 Å². The lowest BCUT2D eigenvalue weighted by Gasteiger charge is -2.31. The Morgan fingerprint density at radius 1 is 0.731 bits per heavy atom. The van der Waals surface area contributed by atoms with Crippen LogP contribution in [-0.2, 0) is 4.79 Å². The molecule has 0 aliphatic carbocycles. The normalized spacial score (nSPS) is 21.7. The van der Waals surface area contributed by atoms with Gasteiger partial charge in [0.05, 0.1) is 5.25 Å². The predicted molar refractivity (Wildman–Crippen MR) is 110 cm³/mol. The van der Waals surface area contributed by atoms with Crippen molar-refractivity contribution in [3.63, 3.8) is 0 Å². The first-order chi connectivity index (χ1) is 12.8. The highest BCUT2D eigenvalue weighted by Crippen LogP contribution is 2.51. The first kappa shape index (κ1) is 16.9. The second-order valence-corrected chi connectivity index (χ2v) is 7.78. The Morgan fingerprint density at radius 2 is 1.27 bits per heavy atom. The minimum absolute atomic E-state index is 0.0582. The molecule has 0 amide bonds. The van der Waals surface area contributed by atoms with Gasteiger partial charge in [-0.1, -0.05) is 91.0 Å². The van der Waals surface area contributed by atoms with Gasteiger partial charge in [-0.3, -0.25) is 4.79 Å². The topological polar surface area (TPSA) is 17.1 Å². The Bertz CT molecular complexity index is 901. The van der Waals surface area contributed by atoms with Crippen LogP contribution in [-0.4, -0.2) is 5.78 Å². The molecule has 2 atom stereocenters. The van der Waals surface area contributed by atoms with Crippen LogP contribution in [0.1, 0.15) is 33.6 Å². The van der Waals surface area contributed by atoms with Crippen molar-refractivity contribution in [3.8, 4) is 0 Å². The molecule has 1 aliphatic heterocycles. The van der Waals surface area contributed by atoms with E-state index in [-0.39, 0.29) is 16.3 Å². The highest BCUT2D eigenvalue weighted by atomic mass is 32.2. The van der Waals surface area contributed by atoms with Gasteiger partial charge in [-0.15, -0.1) is 11.8 Å². The fourth-order valence-electron chi connectivity index (χ4n) is 3.35. The Balaban J connectivity index is 1.74. The van der Waals surface area contributed by atoms with Crippen molar-refractivity contribution in [2.45, 2.75) is 16.9 Å². The molecular formula is C24H20OS. The van der Waals surface area contributed by atoms with Crippen LogP contribution < -0.4 is 0 Å². The number of rotatable bonds is 3. The van der Waals surface area contributed by atoms with E-state index in [1.165, 1.54) is 11.1 Å². The minimum Gasteiger partial charge on any atom is -0.294 e. The first-order valence-corrected chi connectivity index (χ1v) is 9.81. The zero-order valence-corrected chi connectivity index (χ0v) is 15.2. The zero-order chi connectivity index (χ0) is 17.8. The van der Waals surface area contributed by atoms with E-state index in [2.05, 4.69) is 42.5 Å². The maximum absolute atomic E-state index is 13.1. The van der Waals surface area contributed by atoms with E-state index in [9.17, 15) is 4.79 Å². The molecule has 4 rings (SSSR count). The van der Waals surface area contributed by atoms with Gasteiger partial charge < -0.3 is 0 Å². The number of carbonyl (C=O) groups is 1. The van der Waals surface area contributed by atoms with Crippen LogP contribution in [0.15, 0.2) is 96.6 Å². The third kappa shape index (κ3) is 3.66. The summed E-state index contributed by atoms with van der Waals surface area (Å²) in [5.74, 6) is 0.246. The molecule has 0 N–H and O–H groups in total.